The predicted octanol–water partition coefficient (Wildman–Crippen LogP) is 3.30. The molecule has 25 heavy (non-hydrogen) atoms. The van der Waals surface area contributed by atoms with Crippen LogP contribution in [0.5, 0.6) is 0 Å². The molecule has 140 valence electrons. The summed E-state index contributed by atoms with van der Waals surface area (Å²) in [7, 11) is 0. The molecule has 0 bridgehead atoms. The Morgan fingerprint density at radius 3 is 2.48 bits per heavy atom. The van der Waals surface area contributed by atoms with Crippen LogP contribution in [0.15, 0.2) is 30.3 Å². The predicted molar refractivity (Wildman–Crippen MR) is 95.1 cm³/mol. The van der Waals surface area contributed by atoms with Gasteiger partial charge in [-0.1, -0.05) is 44.2 Å². The lowest BCUT2D eigenvalue weighted by Crippen LogP contribution is -2.38. The summed E-state index contributed by atoms with van der Waals surface area (Å²) in [4.78, 5) is 23.5. The Morgan fingerprint density at radius 1 is 1.12 bits per heavy atom. The van der Waals surface area contributed by atoms with Gasteiger partial charge in [-0.15, -0.1) is 0 Å². The highest BCUT2D eigenvalue weighted by Crippen LogP contribution is 2.13. The fourth-order valence-corrected chi connectivity index (χ4v) is 2.27. The van der Waals surface area contributed by atoms with E-state index in [1.165, 1.54) is 0 Å². The van der Waals surface area contributed by atoms with E-state index in [1.54, 1.807) is 6.92 Å². The fourth-order valence-electron chi connectivity index (χ4n) is 2.27. The second kappa shape index (κ2) is 12.3. The monoisotopic (exact) mass is 351 g/mol. The van der Waals surface area contributed by atoms with Gasteiger partial charge in [-0.2, -0.15) is 0 Å². The summed E-state index contributed by atoms with van der Waals surface area (Å²) in [5.74, 6) is -0.327. The number of rotatable bonds is 11. The van der Waals surface area contributed by atoms with Gasteiger partial charge in [0.05, 0.1) is 19.1 Å². The van der Waals surface area contributed by atoms with Crippen molar-refractivity contribution in [3.05, 3.63) is 35.9 Å². The molecule has 0 aliphatic heterocycles. The van der Waals surface area contributed by atoms with Crippen LogP contribution in [0.25, 0.3) is 0 Å². The lowest BCUT2D eigenvalue weighted by Gasteiger charge is -2.24. The molecule has 1 aromatic carbocycles. The van der Waals surface area contributed by atoms with E-state index in [4.69, 9.17) is 14.2 Å². The van der Waals surface area contributed by atoms with Crippen molar-refractivity contribution < 1.29 is 23.8 Å². The van der Waals surface area contributed by atoms with Gasteiger partial charge in [-0.25, -0.2) is 4.79 Å². The number of hydrogen-bond donors (Lipinski definition) is 1. The third kappa shape index (κ3) is 9.10. The van der Waals surface area contributed by atoms with E-state index < -0.39 is 6.09 Å². The van der Waals surface area contributed by atoms with E-state index in [0.29, 0.717) is 13.2 Å². The minimum Gasteiger partial charge on any atom is -0.466 e. The second-order valence-electron chi connectivity index (χ2n) is 5.84. The van der Waals surface area contributed by atoms with E-state index in [2.05, 4.69) is 5.32 Å². The first-order valence-electron chi connectivity index (χ1n) is 8.78. The molecule has 1 aromatic rings. The maximum absolute atomic E-state index is 11.9. The van der Waals surface area contributed by atoms with E-state index in [0.717, 1.165) is 12.0 Å². The van der Waals surface area contributed by atoms with E-state index in [-0.39, 0.29) is 37.6 Å². The summed E-state index contributed by atoms with van der Waals surface area (Å²) in [5.41, 5.74) is 0.923. The smallest absolute Gasteiger partial charge is 0.407 e. The van der Waals surface area contributed by atoms with Crippen LogP contribution in [0.2, 0.25) is 0 Å². The molecule has 0 aromatic heterocycles. The maximum atomic E-state index is 11.9. The van der Waals surface area contributed by atoms with Crippen LogP contribution in [-0.4, -0.2) is 37.9 Å². The lowest BCUT2D eigenvalue weighted by molar-refractivity contribution is -0.145. The number of hydrogen-bond acceptors (Lipinski definition) is 5. The van der Waals surface area contributed by atoms with E-state index in [9.17, 15) is 9.59 Å². The summed E-state index contributed by atoms with van der Waals surface area (Å²) in [6, 6.07) is 9.47. The molecule has 1 unspecified atom stereocenters. The van der Waals surface area contributed by atoms with Gasteiger partial charge in [-0.05, 0) is 24.8 Å². The van der Waals surface area contributed by atoms with Gasteiger partial charge >= 0.3 is 12.1 Å². The van der Waals surface area contributed by atoms with Gasteiger partial charge in [0.2, 0.25) is 0 Å². The normalized spacial score (nSPS) is 12.9. The highest BCUT2D eigenvalue weighted by Gasteiger charge is 2.22. The quantitative estimate of drug-likeness (QED) is 0.619. The molecule has 0 heterocycles. The summed E-state index contributed by atoms with van der Waals surface area (Å²) in [5, 5.41) is 2.71. The van der Waals surface area contributed by atoms with Crippen LogP contribution in [0, 0.1) is 5.92 Å². The van der Waals surface area contributed by atoms with Crippen molar-refractivity contribution in [2.75, 3.05) is 19.8 Å². The largest absolute Gasteiger partial charge is 0.466 e. The molecule has 0 saturated carbocycles. The molecule has 0 fully saturated rings. The van der Waals surface area contributed by atoms with Gasteiger partial charge in [0, 0.05) is 13.2 Å². The van der Waals surface area contributed by atoms with E-state index >= 15 is 0 Å². The van der Waals surface area contributed by atoms with Crippen molar-refractivity contribution >= 4 is 12.1 Å². The number of carbonyl (C=O) groups is 2. The Balaban J connectivity index is 2.42. The Kier molecular flexibility index (Phi) is 10.3. The fraction of sp³-hybridized carbons (Fsp3) is 0.579. The first kappa shape index (κ1) is 21.0. The molecule has 6 heteroatoms. The summed E-state index contributed by atoms with van der Waals surface area (Å²) < 4.78 is 15.9. The molecule has 0 aliphatic rings. The summed E-state index contributed by atoms with van der Waals surface area (Å²) in [6.45, 7) is 7.12. The van der Waals surface area contributed by atoms with E-state index in [1.807, 2.05) is 44.2 Å². The van der Waals surface area contributed by atoms with Gasteiger partial charge in [-0.3, -0.25) is 4.79 Å². The highest BCUT2D eigenvalue weighted by atomic mass is 16.5. The minimum absolute atomic E-state index is 0.0694. The van der Waals surface area contributed by atoms with Crippen molar-refractivity contribution in [3.63, 3.8) is 0 Å². The molecule has 2 atom stereocenters. The zero-order valence-corrected chi connectivity index (χ0v) is 15.3. The number of amides is 1. The molecule has 0 radical (unpaired) electrons. The summed E-state index contributed by atoms with van der Waals surface area (Å²) in [6.07, 6.45) is 0.343. The zero-order chi connectivity index (χ0) is 18.5. The van der Waals surface area contributed by atoms with Crippen molar-refractivity contribution in [1.29, 1.82) is 0 Å². The van der Waals surface area contributed by atoms with Crippen LogP contribution in [0.1, 0.15) is 39.2 Å². The molecule has 0 saturated heterocycles. The first-order valence-corrected chi connectivity index (χ1v) is 8.78. The molecule has 1 rings (SSSR count). The third-order valence-corrected chi connectivity index (χ3v) is 3.63. The van der Waals surface area contributed by atoms with Gasteiger partial charge < -0.3 is 19.5 Å². The zero-order valence-electron chi connectivity index (χ0n) is 15.3. The topological polar surface area (TPSA) is 73.9 Å². The number of ether oxygens (including phenoxy) is 3. The standard InChI is InChI=1S/C19H29NO5/c1-4-11-24-17(15(3)12-18(21)23-5-2)13-20-19(22)25-14-16-9-7-6-8-10-16/h6-10,15,17H,4-5,11-14H2,1-3H3,(H,20,22)/t15?,17-/m0/s1. The Morgan fingerprint density at radius 2 is 1.84 bits per heavy atom. The number of benzene rings is 1. The van der Waals surface area contributed by atoms with Crippen molar-refractivity contribution in [3.8, 4) is 0 Å². The summed E-state index contributed by atoms with van der Waals surface area (Å²) >= 11 is 0. The number of nitrogens with one attached hydrogen (secondary N) is 1. The van der Waals surface area contributed by atoms with Gasteiger partial charge in [0.25, 0.3) is 0 Å². The lowest BCUT2D eigenvalue weighted by atomic mass is 10.0. The molecular weight excluding hydrogens is 322 g/mol. The molecule has 1 amide bonds. The van der Waals surface area contributed by atoms with Gasteiger partial charge in [0.15, 0.2) is 0 Å². The van der Waals surface area contributed by atoms with Crippen LogP contribution in [-0.2, 0) is 25.6 Å². The van der Waals surface area contributed by atoms with Crippen LogP contribution >= 0.6 is 0 Å². The number of esters is 1. The molecule has 1 N–H and O–H groups in total. The third-order valence-electron chi connectivity index (χ3n) is 3.63. The highest BCUT2D eigenvalue weighted by molar-refractivity contribution is 5.69. The molecule has 6 nitrogen and oxygen atoms in total. The average Bonchev–Trinajstić information content (AvgIpc) is 2.61. The Hall–Kier alpha value is -2.08. The number of alkyl carbamates (subject to hydrolysis) is 1. The number of carbonyl (C=O) groups excluding carboxylic acids is 2. The minimum atomic E-state index is -0.503. The first-order chi connectivity index (χ1) is 12.1. The average molecular weight is 351 g/mol. The van der Waals surface area contributed by atoms with Crippen LogP contribution in [0.4, 0.5) is 4.79 Å². The van der Waals surface area contributed by atoms with Gasteiger partial charge in [0.1, 0.15) is 6.61 Å². The molecular formula is C19H29NO5. The molecule has 0 spiro atoms. The SMILES string of the molecule is CCCO[C@@H](CNC(=O)OCc1ccccc1)C(C)CC(=O)OCC. The van der Waals surface area contributed by atoms with Crippen molar-refractivity contribution in [2.45, 2.75) is 46.3 Å². The second-order valence-corrected chi connectivity index (χ2v) is 5.84. The van der Waals surface area contributed by atoms with Crippen LogP contribution in [0.3, 0.4) is 0 Å². The maximum Gasteiger partial charge on any atom is 0.407 e. The Bertz CT molecular complexity index is 506. The molecule has 0 aliphatic carbocycles. The van der Waals surface area contributed by atoms with Crippen molar-refractivity contribution in [1.82, 2.24) is 5.32 Å². The Labute approximate surface area is 149 Å². The van der Waals surface area contributed by atoms with Crippen molar-refractivity contribution in [2.24, 2.45) is 5.92 Å². The van der Waals surface area contributed by atoms with Crippen LogP contribution < -0.4 is 5.32 Å².